The highest BCUT2D eigenvalue weighted by Crippen LogP contribution is 2.28. The predicted octanol–water partition coefficient (Wildman–Crippen LogP) is 2.91. The summed E-state index contributed by atoms with van der Waals surface area (Å²) in [6.45, 7) is 4.29. The van der Waals surface area contributed by atoms with Gasteiger partial charge in [0.1, 0.15) is 0 Å². The maximum atomic E-state index is 6.39. The smallest absolute Gasteiger partial charge is 0.0761 e. The first-order valence-corrected chi connectivity index (χ1v) is 6.78. The third-order valence-corrected chi connectivity index (χ3v) is 4.05. The Balaban J connectivity index is 1.88. The van der Waals surface area contributed by atoms with Crippen LogP contribution in [0.2, 0.25) is 0 Å². The molecule has 1 aromatic carbocycles. The topological polar surface area (TPSA) is 12.5 Å². The van der Waals surface area contributed by atoms with E-state index in [0.717, 1.165) is 38.4 Å². The summed E-state index contributed by atoms with van der Waals surface area (Å²) in [5, 5.41) is -0.210. The fourth-order valence-corrected chi connectivity index (χ4v) is 2.53. The molecule has 2 rings (SSSR count). The van der Waals surface area contributed by atoms with Crippen LogP contribution in [-0.4, -0.2) is 43.1 Å². The highest BCUT2D eigenvalue weighted by molar-refractivity contribution is 6.30. The quantitative estimate of drug-likeness (QED) is 0.783. The summed E-state index contributed by atoms with van der Waals surface area (Å²) in [6.07, 6.45) is 0. The van der Waals surface area contributed by atoms with Crippen LogP contribution in [0.3, 0.4) is 0 Å². The van der Waals surface area contributed by atoms with Crippen LogP contribution < -0.4 is 0 Å². The van der Waals surface area contributed by atoms with Crippen molar-refractivity contribution in [2.75, 3.05) is 32.8 Å². The van der Waals surface area contributed by atoms with Gasteiger partial charge in [-0.1, -0.05) is 30.3 Å². The lowest BCUT2D eigenvalue weighted by molar-refractivity contribution is 0.0378. The molecule has 17 heavy (non-hydrogen) atoms. The van der Waals surface area contributed by atoms with Crippen LogP contribution >= 0.6 is 23.2 Å². The van der Waals surface area contributed by atoms with Gasteiger partial charge in [-0.05, 0) is 5.56 Å². The first-order valence-electron chi connectivity index (χ1n) is 5.90. The summed E-state index contributed by atoms with van der Waals surface area (Å²) in [5.74, 6) is 0. The Kier molecular flexibility index (Phi) is 5.11. The van der Waals surface area contributed by atoms with Crippen LogP contribution in [0.5, 0.6) is 0 Å². The van der Waals surface area contributed by atoms with Crippen LogP contribution in [0, 0.1) is 0 Å². The van der Waals surface area contributed by atoms with Gasteiger partial charge in [-0.3, -0.25) is 4.90 Å². The van der Waals surface area contributed by atoms with E-state index in [-0.39, 0.29) is 10.8 Å². The zero-order chi connectivity index (χ0) is 12.1. The zero-order valence-electron chi connectivity index (χ0n) is 9.69. The summed E-state index contributed by atoms with van der Waals surface area (Å²) in [7, 11) is 0. The van der Waals surface area contributed by atoms with Crippen molar-refractivity contribution in [2.45, 2.75) is 10.8 Å². The molecule has 1 aromatic rings. The van der Waals surface area contributed by atoms with Crippen molar-refractivity contribution in [1.29, 1.82) is 0 Å². The van der Waals surface area contributed by atoms with Crippen molar-refractivity contribution in [2.24, 2.45) is 0 Å². The molecule has 0 aliphatic carbocycles. The molecule has 0 unspecified atom stereocenters. The van der Waals surface area contributed by atoms with E-state index in [1.54, 1.807) is 0 Å². The molecule has 94 valence electrons. The second-order valence-corrected chi connectivity index (χ2v) is 5.27. The summed E-state index contributed by atoms with van der Waals surface area (Å²) in [5.41, 5.74) is 1.09. The van der Waals surface area contributed by atoms with Gasteiger partial charge in [0.25, 0.3) is 0 Å². The van der Waals surface area contributed by atoms with E-state index >= 15 is 0 Å². The van der Waals surface area contributed by atoms with Gasteiger partial charge in [0.15, 0.2) is 0 Å². The summed E-state index contributed by atoms with van der Waals surface area (Å²) >= 11 is 12.8. The van der Waals surface area contributed by atoms with Crippen molar-refractivity contribution in [3.8, 4) is 0 Å². The van der Waals surface area contributed by atoms with Crippen molar-refractivity contribution < 1.29 is 4.74 Å². The van der Waals surface area contributed by atoms with Crippen molar-refractivity contribution in [1.82, 2.24) is 4.90 Å². The Labute approximate surface area is 112 Å². The SMILES string of the molecule is Cl[C@@H](CN1CCOCC1)[C@@H](Cl)c1ccccc1. The zero-order valence-corrected chi connectivity index (χ0v) is 11.2. The second kappa shape index (κ2) is 6.60. The molecule has 0 radical (unpaired) electrons. The van der Waals surface area contributed by atoms with Gasteiger partial charge in [-0.2, -0.15) is 0 Å². The molecular formula is C13H17Cl2NO. The fourth-order valence-electron chi connectivity index (χ4n) is 1.97. The van der Waals surface area contributed by atoms with Gasteiger partial charge in [0, 0.05) is 19.6 Å². The minimum atomic E-state index is -0.138. The number of halogens is 2. The minimum absolute atomic E-state index is 0.0721. The second-order valence-electron chi connectivity index (χ2n) is 4.24. The molecule has 0 aromatic heterocycles. The molecule has 4 heteroatoms. The molecule has 2 nitrogen and oxygen atoms in total. The van der Waals surface area contributed by atoms with Crippen molar-refractivity contribution in [3.05, 3.63) is 35.9 Å². The maximum absolute atomic E-state index is 6.39. The van der Waals surface area contributed by atoms with E-state index in [9.17, 15) is 0 Å². The van der Waals surface area contributed by atoms with Crippen LogP contribution in [0.1, 0.15) is 10.9 Å². The monoisotopic (exact) mass is 273 g/mol. The molecular weight excluding hydrogens is 257 g/mol. The van der Waals surface area contributed by atoms with Gasteiger partial charge in [0.05, 0.1) is 24.0 Å². The van der Waals surface area contributed by atoms with E-state index in [0.29, 0.717) is 0 Å². The Morgan fingerprint density at radius 2 is 1.76 bits per heavy atom. The number of hydrogen-bond acceptors (Lipinski definition) is 2. The van der Waals surface area contributed by atoms with Gasteiger partial charge in [0.2, 0.25) is 0 Å². The number of alkyl halides is 2. The third-order valence-electron chi connectivity index (χ3n) is 2.97. The standard InChI is InChI=1S/C13H17Cl2NO/c14-12(10-16-6-8-17-9-7-16)13(15)11-4-2-1-3-5-11/h1-5,12-13H,6-10H2/t12-,13-/m0/s1. The molecule has 1 heterocycles. The molecule has 1 aliphatic heterocycles. The van der Waals surface area contributed by atoms with Crippen LogP contribution in [0.15, 0.2) is 30.3 Å². The Morgan fingerprint density at radius 1 is 1.12 bits per heavy atom. The van der Waals surface area contributed by atoms with Crippen molar-refractivity contribution >= 4 is 23.2 Å². The highest BCUT2D eigenvalue weighted by Gasteiger charge is 2.22. The minimum Gasteiger partial charge on any atom is -0.379 e. The molecule has 2 atom stereocenters. The Hall–Kier alpha value is -0.280. The van der Waals surface area contributed by atoms with Gasteiger partial charge >= 0.3 is 0 Å². The Bertz CT molecular complexity index is 327. The Morgan fingerprint density at radius 3 is 2.41 bits per heavy atom. The van der Waals surface area contributed by atoms with Gasteiger partial charge in [-0.25, -0.2) is 0 Å². The molecule has 1 aliphatic rings. The molecule has 1 saturated heterocycles. The van der Waals surface area contributed by atoms with E-state index in [4.69, 9.17) is 27.9 Å². The summed E-state index contributed by atoms with van der Waals surface area (Å²) in [6, 6.07) is 10.0. The van der Waals surface area contributed by atoms with E-state index < -0.39 is 0 Å². The molecule has 1 fully saturated rings. The fraction of sp³-hybridized carbons (Fsp3) is 0.538. The summed E-state index contributed by atoms with van der Waals surface area (Å²) < 4.78 is 5.31. The maximum Gasteiger partial charge on any atom is 0.0761 e. The van der Waals surface area contributed by atoms with E-state index in [1.807, 2.05) is 30.3 Å². The number of morpholine rings is 1. The highest BCUT2D eigenvalue weighted by atomic mass is 35.5. The average molecular weight is 274 g/mol. The largest absolute Gasteiger partial charge is 0.379 e. The lowest BCUT2D eigenvalue weighted by atomic mass is 10.1. The molecule has 0 spiro atoms. The lowest BCUT2D eigenvalue weighted by Gasteiger charge is -2.29. The van der Waals surface area contributed by atoms with E-state index in [1.165, 1.54) is 0 Å². The normalized spacial score (nSPS) is 21.1. The number of ether oxygens (including phenoxy) is 1. The molecule has 0 amide bonds. The van der Waals surface area contributed by atoms with Gasteiger partial charge in [-0.15, -0.1) is 23.2 Å². The number of rotatable bonds is 4. The van der Waals surface area contributed by atoms with Crippen LogP contribution in [0.25, 0.3) is 0 Å². The van der Waals surface area contributed by atoms with Crippen molar-refractivity contribution in [3.63, 3.8) is 0 Å². The molecule has 0 N–H and O–H groups in total. The average Bonchev–Trinajstić information content (AvgIpc) is 2.40. The number of hydrogen-bond donors (Lipinski definition) is 0. The first kappa shape index (κ1) is 13.2. The van der Waals surface area contributed by atoms with Gasteiger partial charge < -0.3 is 4.74 Å². The summed E-state index contributed by atoms with van der Waals surface area (Å²) in [4.78, 5) is 2.31. The van der Waals surface area contributed by atoms with Crippen LogP contribution in [0.4, 0.5) is 0 Å². The van der Waals surface area contributed by atoms with Crippen LogP contribution in [-0.2, 0) is 4.74 Å². The molecule has 0 saturated carbocycles. The van der Waals surface area contributed by atoms with E-state index in [2.05, 4.69) is 4.90 Å². The number of nitrogens with zero attached hydrogens (tertiary/aromatic N) is 1. The predicted molar refractivity (Wildman–Crippen MR) is 71.9 cm³/mol. The third kappa shape index (κ3) is 3.85. The lowest BCUT2D eigenvalue weighted by Crippen LogP contribution is -2.40. The first-order chi connectivity index (χ1) is 8.27. The number of benzene rings is 1. The molecule has 0 bridgehead atoms.